The first-order chi connectivity index (χ1) is 10.5. The minimum atomic E-state index is -3.54. The molecule has 2 atom stereocenters. The van der Waals surface area contributed by atoms with E-state index in [1.54, 1.807) is 31.4 Å². The zero-order chi connectivity index (χ0) is 16.0. The second-order valence-corrected chi connectivity index (χ2v) is 7.20. The Morgan fingerprint density at radius 1 is 1.18 bits per heavy atom. The van der Waals surface area contributed by atoms with Crippen LogP contribution < -0.4 is 15.2 Å². The molecule has 0 amide bonds. The SMILES string of the molecule is COCCOc1ccc(S(=O)(=O)N[C@@H]2CCCC[C@H]2N)cc1. The molecular weight excluding hydrogens is 304 g/mol. The van der Waals surface area contributed by atoms with Gasteiger partial charge in [0.25, 0.3) is 0 Å². The highest BCUT2D eigenvalue weighted by molar-refractivity contribution is 7.89. The molecule has 0 spiro atoms. The van der Waals surface area contributed by atoms with Crippen molar-refractivity contribution in [3.63, 3.8) is 0 Å². The highest BCUT2D eigenvalue weighted by Gasteiger charge is 2.27. The molecule has 0 heterocycles. The van der Waals surface area contributed by atoms with E-state index < -0.39 is 10.0 Å². The Morgan fingerprint density at radius 3 is 2.50 bits per heavy atom. The lowest BCUT2D eigenvalue weighted by atomic mass is 9.92. The molecule has 1 saturated carbocycles. The van der Waals surface area contributed by atoms with Gasteiger partial charge in [0.2, 0.25) is 10.0 Å². The molecule has 2 rings (SSSR count). The van der Waals surface area contributed by atoms with Crippen LogP contribution in [-0.2, 0) is 14.8 Å². The molecule has 1 fully saturated rings. The standard InChI is InChI=1S/C15H24N2O4S/c1-20-10-11-21-12-6-8-13(9-7-12)22(18,19)17-15-5-3-2-4-14(15)16/h6-9,14-15,17H,2-5,10-11,16H2,1H3/t14-,15-/m1/s1. The summed E-state index contributed by atoms with van der Waals surface area (Å²) in [6, 6.07) is 6.07. The number of ether oxygens (including phenoxy) is 2. The number of rotatable bonds is 7. The molecule has 1 aromatic carbocycles. The lowest BCUT2D eigenvalue weighted by molar-refractivity contribution is 0.146. The van der Waals surface area contributed by atoms with Gasteiger partial charge in [-0.2, -0.15) is 0 Å². The molecule has 7 heteroatoms. The van der Waals surface area contributed by atoms with Gasteiger partial charge >= 0.3 is 0 Å². The molecule has 1 aliphatic carbocycles. The van der Waals surface area contributed by atoms with Crippen LogP contribution in [0.25, 0.3) is 0 Å². The van der Waals surface area contributed by atoms with Crippen molar-refractivity contribution in [2.45, 2.75) is 42.7 Å². The highest BCUT2D eigenvalue weighted by Crippen LogP contribution is 2.21. The molecule has 1 aromatic rings. The number of nitrogens with two attached hydrogens (primary N) is 1. The maximum Gasteiger partial charge on any atom is 0.240 e. The van der Waals surface area contributed by atoms with Gasteiger partial charge in [-0.3, -0.25) is 0 Å². The van der Waals surface area contributed by atoms with E-state index in [1.165, 1.54) is 0 Å². The van der Waals surface area contributed by atoms with Gasteiger partial charge in [-0.05, 0) is 37.1 Å². The number of nitrogens with one attached hydrogen (secondary N) is 1. The third kappa shape index (κ3) is 4.67. The molecule has 0 unspecified atom stereocenters. The molecule has 0 radical (unpaired) electrons. The van der Waals surface area contributed by atoms with E-state index in [1.807, 2.05) is 0 Å². The van der Waals surface area contributed by atoms with E-state index in [4.69, 9.17) is 15.2 Å². The summed E-state index contributed by atoms with van der Waals surface area (Å²) in [5.74, 6) is 0.616. The normalized spacial score (nSPS) is 22.5. The van der Waals surface area contributed by atoms with Gasteiger partial charge in [-0.1, -0.05) is 12.8 Å². The van der Waals surface area contributed by atoms with Crippen molar-refractivity contribution in [2.24, 2.45) is 5.73 Å². The lowest BCUT2D eigenvalue weighted by Crippen LogP contribution is -2.49. The fraction of sp³-hybridized carbons (Fsp3) is 0.600. The van der Waals surface area contributed by atoms with Crippen molar-refractivity contribution < 1.29 is 17.9 Å². The summed E-state index contributed by atoms with van der Waals surface area (Å²) in [7, 11) is -1.95. The number of hydrogen-bond donors (Lipinski definition) is 2. The topological polar surface area (TPSA) is 90.6 Å². The predicted octanol–water partition coefficient (Wildman–Crippen LogP) is 1.26. The Hall–Kier alpha value is -1.15. The van der Waals surface area contributed by atoms with Crippen molar-refractivity contribution in [1.82, 2.24) is 4.72 Å². The van der Waals surface area contributed by atoms with Crippen LogP contribution in [0.3, 0.4) is 0 Å². The van der Waals surface area contributed by atoms with Crippen molar-refractivity contribution in [3.8, 4) is 5.75 Å². The molecular formula is C15H24N2O4S. The summed E-state index contributed by atoms with van der Waals surface area (Å²) in [5, 5.41) is 0. The average Bonchev–Trinajstić information content (AvgIpc) is 2.50. The molecule has 124 valence electrons. The molecule has 0 saturated heterocycles. The third-order valence-corrected chi connectivity index (χ3v) is 5.32. The van der Waals surface area contributed by atoms with E-state index in [-0.39, 0.29) is 17.0 Å². The van der Waals surface area contributed by atoms with Crippen molar-refractivity contribution >= 4 is 10.0 Å². The minimum absolute atomic E-state index is 0.111. The second kappa shape index (κ2) is 7.92. The first kappa shape index (κ1) is 17.2. The fourth-order valence-corrected chi connectivity index (χ4v) is 3.85. The lowest BCUT2D eigenvalue weighted by Gasteiger charge is -2.29. The molecule has 6 nitrogen and oxygen atoms in total. The monoisotopic (exact) mass is 328 g/mol. The maximum atomic E-state index is 12.4. The molecule has 0 aliphatic heterocycles. The number of sulfonamides is 1. The molecule has 0 bridgehead atoms. The summed E-state index contributed by atoms with van der Waals surface area (Å²) >= 11 is 0. The minimum Gasteiger partial charge on any atom is -0.491 e. The first-order valence-corrected chi connectivity index (χ1v) is 9.01. The van der Waals surface area contributed by atoms with Crippen molar-refractivity contribution in [1.29, 1.82) is 0 Å². The van der Waals surface area contributed by atoms with Crippen LogP contribution in [0.15, 0.2) is 29.2 Å². The number of benzene rings is 1. The van der Waals surface area contributed by atoms with Crippen LogP contribution in [0.2, 0.25) is 0 Å². The van der Waals surface area contributed by atoms with Crippen molar-refractivity contribution in [2.75, 3.05) is 20.3 Å². The maximum absolute atomic E-state index is 12.4. The van der Waals surface area contributed by atoms with Gasteiger partial charge in [-0.25, -0.2) is 13.1 Å². The summed E-state index contributed by atoms with van der Waals surface area (Å²) < 4.78 is 37.8. The Bertz CT molecular complexity index is 559. The Kier molecular flexibility index (Phi) is 6.19. The Balaban J connectivity index is 1.99. The zero-order valence-corrected chi connectivity index (χ0v) is 13.6. The van der Waals surface area contributed by atoms with E-state index >= 15 is 0 Å². The van der Waals surface area contributed by atoms with Gasteiger partial charge < -0.3 is 15.2 Å². The van der Waals surface area contributed by atoms with Crippen LogP contribution in [0.4, 0.5) is 0 Å². The van der Waals surface area contributed by atoms with Crippen molar-refractivity contribution in [3.05, 3.63) is 24.3 Å². The van der Waals surface area contributed by atoms with Crippen LogP contribution >= 0.6 is 0 Å². The zero-order valence-electron chi connectivity index (χ0n) is 12.8. The van der Waals surface area contributed by atoms with E-state index in [9.17, 15) is 8.42 Å². The Labute approximate surface area is 132 Å². The number of methoxy groups -OCH3 is 1. The van der Waals surface area contributed by atoms with E-state index in [0.717, 1.165) is 25.7 Å². The fourth-order valence-electron chi connectivity index (χ4n) is 2.53. The van der Waals surface area contributed by atoms with Crippen LogP contribution in [0.5, 0.6) is 5.75 Å². The Morgan fingerprint density at radius 2 is 1.86 bits per heavy atom. The molecule has 22 heavy (non-hydrogen) atoms. The van der Waals surface area contributed by atoms with Gasteiger partial charge in [0.15, 0.2) is 0 Å². The van der Waals surface area contributed by atoms with Gasteiger partial charge in [0, 0.05) is 19.2 Å². The smallest absolute Gasteiger partial charge is 0.240 e. The van der Waals surface area contributed by atoms with Crippen LogP contribution in [0.1, 0.15) is 25.7 Å². The van der Waals surface area contributed by atoms with E-state index in [2.05, 4.69) is 4.72 Å². The van der Waals surface area contributed by atoms with E-state index in [0.29, 0.717) is 19.0 Å². The first-order valence-electron chi connectivity index (χ1n) is 7.52. The quantitative estimate of drug-likeness (QED) is 0.735. The summed E-state index contributed by atoms with van der Waals surface area (Å²) in [5.41, 5.74) is 6.00. The summed E-state index contributed by atoms with van der Waals surface area (Å²) in [4.78, 5) is 0.226. The largest absolute Gasteiger partial charge is 0.491 e. The highest BCUT2D eigenvalue weighted by atomic mass is 32.2. The summed E-state index contributed by atoms with van der Waals surface area (Å²) in [6.07, 6.45) is 3.72. The summed E-state index contributed by atoms with van der Waals surface area (Å²) in [6.45, 7) is 0.916. The van der Waals surface area contributed by atoms with Gasteiger partial charge in [0.05, 0.1) is 11.5 Å². The predicted molar refractivity (Wildman–Crippen MR) is 84.4 cm³/mol. The molecule has 1 aliphatic rings. The molecule has 3 N–H and O–H groups in total. The third-order valence-electron chi connectivity index (χ3n) is 3.82. The van der Waals surface area contributed by atoms with Gasteiger partial charge in [0.1, 0.15) is 12.4 Å². The van der Waals surface area contributed by atoms with Crippen LogP contribution in [-0.4, -0.2) is 40.8 Å². The van der Waals surface area contributed by atoms with Gasteiger partial charge in [-0.15, -0.1) is 0 Å². The average molecular weight is 328 g/mol. The second-order valence-electron chi connectivity index (χ2n) is 5.49. The number of hydrogen-bond acceptors (Lipinski definition) is 5. The van der Waals surface area contributed by atoms with Crippen LogP contribution in [0, 0.1) is 0 Å². The molecule has 0 aromatic heterocycles.